The number of ether oxygens (including phenoxy) is 1. The van der Waals surface area contributed by atoms with Crippen LogP contribution >= 0.6 is 0 Å². The van der Waals surface area contributed by atoms with Crippen molar-refractivity contribution in [1.29, 1.82) is 0 Å². The van der Waals surface area contributed by atoms with Crippen LogP contribution in [-0.2, 0) is 11.3 Å². The highest BCUT2D eigenvalue weighted by molar-refractivity contribution is 5.76. The molecule has 3 aromatic rings. The molecular formula is C20H22N6O3. The van der Waals surface area contributed by atoms with E-state index in [0.29, 0.717) is 32.0 Å². The van der Waals surface area contributed by atoms with Gasteiger partial charge in [-0.3, -0.25) is 9.59 Å². The summed E-state index contributed by atoms with van der Waals surface area (Å²) in [7, 11) is 1.65. The number of hydrogen-bond acceptors (Lipinski definition) is 6. The Morgan fingerprint density at radius 1 is 1.10 bits per heavy atom. The van der Waals surface area contributed by atoms with Crippen LogP contribution in [0.15, 0.2) is 59.7 Å². The van der Waals surface area contributed by atoms with Gasteiger partial charge in [0, 0.05) is 56.4 Å². The largest absolute Gasteiger partial charge is 0.497 e. The summed E-state index contributed by atoms with van der Waals surface area (Å²) in [4.78, 5) is 28.8. The Balaban J connectivity index is 1.40. The molecule has 0 spiro atoms. The minimum atomic E-state index is -0.315. The Kier molecular flexibility index (Phi) is 5.28. The van der Waals surface area contributed by atoms with E-state index in [1.807, 2.05) is 24.3 Å². The Bertz CT molecular complexity index is 1040. The Morgan fingerprint density at radius 2 is 1.93 bits per heavy atom. The Morgan fingerprint density at radius 3 is 2.66 bits per heavy atom. The number of benzene rings is 1. The number of carbonyl (C=O) groups is 1. The van der Waals surface area contributed by atoms with E-state index in [1.165, 1.54) is 10.7 Å². The van der Waals surface area contributed by atoms with E-state index < -0.39 is 0 Å². The van der Waals surface area contributed by atoms with Gasteiger partial charge in [-0.2, -0.15) is 5.10 Å². The van der Waals surface area contributed by atoms with E-state index in [9.17, 15) is 9.59 Å². The maximum absolute atomic E-state index is 12.7. The second-order valence-electron chi connectivity index (χ2n) is 6.71. The van der Waals surface area contributed by atoms with Gasteiger partial charge >= 0.3 is 0 Å². The summed E-state index contributed by atoms with van der Waals surface area (Å²) < 4.78 is 8.02. The Hall–Kier alpha value is -3.62. The fourth-order valence-electron chi connectivity index (χ4n) is 3.33. The predicted molar refractivity (Wildman–Crippen MR) is 107 cm³/mol. The number of rotatable bonds is 5. The molecular weight excluding hydrogens is 372 g/mol. The first-order chi connectivity index (χ1) is 14.1. The summed E-state index contributed by atoms with van der Waals surface area (Å²) in [6.07, 6.45) is 3.36. The highest BCUT2D eigenvalue weighted by Gasteiger charge is 2.22. The van der Waals surface area contributed by atoms with E-state index in [-0.39, 0.29) is 18.0 Å². The van der Waals surface area contributed by atoms with Gasteiger partial charge in [0.2, 0.25) is 5.91 Å². The molecule has 0 saturated carbocycles. The highest BCUT2D eigenvalue weighted by Crippen LogP contribution is 2.22. The van der Waals surface area contributed by atoms with Gasteiger partial charge < -0.3 is 14.5 Å². The van der Waals surface area contributed by atoms with Crippen LogP contribution in [0.5, 0.6) is 5.75 Å². The van der Waals surface area contributed by atoms with E-state index >= 15 is 0 Å². The first-order valence-electron chi connectivity index (χ1n) is 9.39. The zero-order valence-corrected chi connectivity index (χ0v) is 16.1. The van der Waals surface area contributed by atoms with Crippen molar-refractivity contribution in [2.45, 2.75) is 6.54 Å². The molecule has 1 fully saturated rings. The first kappa shape index (κ1) is 18.7. The van der Waals surface area contributed by atoms with Crippen LogP contribution in [0.1, 0.15) is 0 Å². The van der Waals surface area contributed by atoms with Crippen LogP contribution in [0.2, 0.25) is 0 Å². The molecule has 0 radical (unpaired) electrons. The van der Waals surface area contributed by atoms with E-state index in [2.05, 4.69) is 15.1 Å². The third-order valence-corrected chi connectivity index (χ3v) is 4.93. The molecule has 1 saturated heterocycles. The normalized spacial score (nSPS) is 14.1. The second kappa shape index (κ2) is 8.17. The van der Waals surface area contributed by atoms with Crippen molar-refractivity contribution in [2.24, 2.45) is 0 Å². The number of methoxy groups -OCH3 is 1. The molecule has 4 rings (SSSR count). The zero-order chi connectivity index (χ0) is 20.2. The lowest BCUT2D eigenvalue weighted by atomic mass is 10.2. The molecule has 1 aliphatic rings. The minimum Gasteiger partial charge on any atom is -0.497 e. The lowest BCUT2D eigenvalue weighted by molar-refractivity contribution is -0.132. The van der Waals surface area contributed by atoms with Crippen LogP contribution in [-0.4, -0.2) is 63.7 Å². The lowest BCUT2D eigenvalue weighted by Crippen LogP contribution is -2.50. The van der Waals surface area contributed by atoms with Crippen LogP contribution in [0, 0.1) is 0 Å². The van der Waals surface area contributed by atoms with Crippen molar-refractivity contribution in [3.8, 4) is 11.6 Å². The van der Waals surface area contributed by atoms with Gasteiger partial charge in [-0.1, -0.05) is 6.07 Å². The summed E-state index contributed by atoms with van der Waals surface area (Å²) in [5, 5.41) is 8.37. The molecule has 0 unspecified atom stereocenters. The molecule has 150 valence electrons. The van der Waals surface area contributed by atoms with Crippen molar-refractivity contribution in [1.82, 2.24) is 24.5 Å². The van der Waals surface area contributed by atoms with E-state index in [0.717, 1.165) is 11.4 Å². The van der Waals surface area contributed by atoms with Gasteiger partial charge in [0.1, 0.15) is 12.3 Å². The monoisotopic (exact) mass is 394 g/mol. The summed E-state index contributed by atoms with van der Waals surface area (Å²) in [6.45, 7) is 2.52. The summed E-state index contributed by atoms with van der Waals surface area (Å²) in [5.41, 5.74) is 0.755. The van der Waals surface area contributed by atoms with Gasteiger partial charge in [0.05, 0.1) is 7.11 Å². The summed E-state index contributed by atoms with van der Waals surface area (Å²) >= 11 is 0. The second-order valence-corrected chi connectivity index (χ2v) is 6.71. The maximum atomic E-state index is 12.7. The molecule has 3 heterocycles. The molecule has 1 aromatic carbocycles. The quantitative estimate of drug-likeness (QED) is 0.636. The fourth-order valence-corrected chi connectivity index (χ4v) is 3.33. The third-order valence-electron chi connectivity index (χ3n) is 4.93. The van der Waals surface area contributed by atoms with Crippen LogP contribution < -0.4 is 15.2 Å². The number of aromatic nitrogens is 4. The number of carbonyl (C=O) groups excluding carboxylic acids is 1. The molecule has 1 amide bonds. The number of anilines is 1. The maximum Gasteiger partial charge on any atom is 0.267 e. The summed E-state index contributed by atoms with van der Waals surface area (Å²) in [5.74, 6) is 1.18. The highest BCUT2D eigenvalue weighted by atomic mass is 16.5. The van der Waals surface area contributed by atoms with Crippen molar-refractivity contribution in [3.05, 3.63) is 65.2 Å². The van der Waals surface area contributed by atoms with Gasteiger partial charge in [-0.25, -0.2) is 9.36 Å². The Labute approximate surface area is 167 Å². The molecule has 9 nitrogen and oxygen atoms in total. The SMILES string of the molecule is COc1cccc(N2CCN(C(=O)Cn3nc(-n4cccn4)ccc3=O)CC2)c1. The smallest absolute Gasteiger partial charge is 0.267 e. The topological polar surface area (TPSA) is 85.5 Å². The average molecular weight is 394 g/mol. The van der Waals surface area contributed by atoms with Gasteiger partial charge in [-0.15, -0.1) is 5.10 Å². The number of piperazine rings is 1. The van der Waals surface area contributed by atoms with Crippen molar-refractivity contribution in [3.63, 3.8) is 0 Å². The average Bonchev–Trinajstić information content (AvgIpc) is 3.30. The number of nitrogens with zero attached hydrogens (tertiary/aromatic N) is 6. The third kappa shape index (κ3) is 4.13. The molecule has 0 bridgehead atoms. The molecule has 0 atom stereocenters. The lowest BCUT2D eigenvalue weighted by Gasteiger charge is -2.36. The van der Waals surface area contributed by atoms with Gasteiger partial charge in [-0.05, 0) is 24.3 Å². The molecule has 2 aromatic heterocycles. The molecule has 29 heavy (non-hydrogen) atoms. The summed E-state index contributed by atoms with van der Waals surface area (Å²) in [6, 6.07) is 12.6. The first-order valence-corrected chi connectivity index (χ1v) is 9.39. The van der Waals surface area contributed by atoms with Crippen LogP contribution in [0.25, 0.3) is 5.82 Å². The number of hydrogen-bond donors (Lipinski definition) is 0. The predicted octanol–water partition coefficient (Wildman–Crippen LogP) is 0.786. The molecule has 1 aliphatic heterocycles. The van der Waals surface area contributed by atoms with Gasteiger partial charge in [0.15, 0.2) is 5.82 Å². The minimum absolute atomic E-state index is 0.0902. The van der Waals surface area contributed by atoms with E-state index in [4.69, 9.17) is 4.74 Å². The molecule has 0 N–H and O–H groups in total. The van der Waals surface area contributed by atoms with Crippen LogP contribution in [0.4, 0.5) is 5.69 Å². The molecule has 9 heteroatoms. The van der Waals surface area contributed by atoms with Crippen molar-refractivity contribution < 1.29 is 9.53 Å². The van der Waals surface area contributed by atoms with Crippen LogP contribution in [0.3, 0.4) is 0 Å². The van der Waals surface area contributed by atoms with Gasteiger partial charge in [0.25, 0.3) is 5.56 Å². The number of amides is 1. The zero-order valence-electron chi connectivity index (χ0n) is 16.1. The van der Waals surface area contributed by atoms with Crippen molar-refractivity contribution >= 4 is 11.6 Å². The van der Waals surface area contributed by atoms with E-state index in [1.54, 1.807) is 41.2 Å². The molecule has 0 aliphatic carbocycles. The fraction of sp³-hybridized carbons (Fsp3) is 0.300. The van der Waals surface area contributed by atoms with Crippen molar-refractivity contribution in [2.75, 3.05) is 38.2 Å². The standard InChI is InChI=1S/C20H22N6O3/c1-29-17-5-2-4-16(14-17)23-10-12-24(13-11-23)20(28)15-26-19(27)7-6-18(22-26)25-9-3-8-21-25/h2-9,14H,10-13,15H2,1H3.